The molecule has 0 aliphatic carbocycles. The van der Waals surface area contributed by atoms with Crippen LogP contribution in [0.4, 0.5) is 0 Å². The van der Waals surface area contributed by atoms with E-state index in [0.717, 1.165) is 15.6 Å². The van der Waals surface area contributed by atoms with E-state index in [0.29, 0.717) is 35.6 Å². The van der Waals surface area contributed by atoms with E-state index in [2.05, 4.69) is 33.2 Å². The van der Waals surface area contributed by atoms with Crippen LogP contribution in [-0.4, -0.2) is 30.3 Å². The first-order valence-corrected chi connectivity index (χ1v) is 11.2. The van der Waals surface area contributed by atoms with Crippen molar-refractivity contribution >= 4 is 57.5 Å². The van der Waals surface area contributed by atoms with Crippen molar-refractivity contribution in [3.8, 4) is 11.5 Å². The van der Waals surface area contributed by atoms with Gasteiger partial charge in [0.2, 0.25) is 0 Å². The number of amides is 2. The summed E-state index contributed by atoms with van der Waals surface area (Å²) in [5, 5.41) is 5.43. The van der Waals surface area contributed by atoms with Gasteiger partial charge in [-0.25, -0.2) is 0 Å². The van der Waals surface area contributed by atoms with E-state index < -0.39 is 17.8 Å². The molecule has 0 fully saturated rings. The number of carbonyl (C=O) groups excluding carboxylic acids is 3. The maximum atomic E-state index is 12.3. The summed E-state index contributed by atoms with van der Waals surface area (Å²) >= 11 is 7.68. The summed E-state index contributed by atoms with van der Waals surface area (Å²) in [5.41, 5.74) is 2.19. The first kappa shape index (κ1) is 23.1. The van der Waals surface area contributed by atoms with Crippen molar-refractivity contribution in [2.75, 3.05) is 12.5 Å². The molecule has 0 saturated heterocycles. The second-order valence-electron chi connectivity index (χ2n) is 6.65. The minimum atomic E-state index is -0.579. The third kappa shape index (κ3) is 5.76. The molecule has 0 aromatic heterocycles. The molecule has 2 aromatic rings. The van der Waals surface area contributed by atoms with E-state index in [1.807, 2.05) is 19.1 Å². The number of halogens is 2. The molecule has 162 valence electrons. The van der Waals surface area contributed by atoms with Gasteiger partial charge in [-0.2, -0.15) is 0 Å². The minimum absolute atomic E-state index is 0.270. The quantitative estimate of drug-likeness (QED) is 0.129. The normalized spacial score (nSPS) is 14.1. The van der Waals surface area contributed by atoms with Gasteiger partial charge >= 0.3 is 5.97 Å². The molecule has 1 heterocycles. The van der Waals surface area contributed by atoms with Gasteiger partial charge in [-0.15, -0.1) is 11.6 Å². The van der Waals surface area contributed by atoms with Crippen molar-refractivity contribution in [1.29, 1.82) is 0 Å². The SMILES string of the molecule is CCCOc1ccc(CN/C=C2\C(=O)NC(=O)c3ccc(I)cc32)cc1OC(=O)CCl. The Hall–Kier alpha value is -2.59. The number of rotatable bonds is 8. The van der Waals surface area contributed by atoms with Gasteiger partial charge in [-0.05, 0) is 64.9 Å². The molecule has 7 nitrogen and oxygen atoms in total. The minimum Gasteiger partial charge on any atom is -0.490 e. The lowest BCUT2D eigenvalue weighted by atomic mass is 9.95. The Kier molecular flexibility index (Phi) is 7.91. The zero-order valence-corrected chi connectivity index (χ0v) is 19.6. The molecule has 0 spiro atoms. The maximum Gasteiger partial charge on any atom is 0.326 e. The number of benzene rings is 2. The Morgan fingerprint density at radius 2 is 1.94 bits per heavy atom. The summed E-state index contributed by atoms with van der Waals surface area (Å²) in [6.07, 6.45) is 2.38. The second-order valence-corrected chi connectivity index (χ2v) is 8.16. The molecule has 0 radical (unpaired) electrons. The lowest BCUT2D eigenvalue weighted by Gasteiger charge is -2.18. The molecule has 0 bridgehead atoms. The maximum absolute atomic E-state index is 12.3. The number of fused-ring (bicyclic) bond motifs is 1. The van der Waals surface area contributed by atoms with Crippen LogP contribution in [0.25, 0.3) is 5.57 Å². The summed E-state index contributed by atoms with van der Waals surface area (Å²) in [7, 11) is 0. The van der Waals surface area contributed by atoms with Crippen molar-refractivity contribution in [2.24, 2.45) is 0 Å². The molecule has 31 heavy (non-hydrogen) atoms. The van der Waals surface area contributed by atoms with Crippen molar-refractivity contribution in [1.82, 2.24) is 10.6 Å². The van der Waals surface area contributed by atoms with Crippen LogP contribution in [-0.2, 0) is 16.1 Å². The smallest absolute Gasteiger partial charge is 0.326 e. The van der Waals surface area contributed by atoms with Gasteiger partial charge in [-0.3, -0.25) is 19.7 Å². The van der Waals surface area contributed by atoms with E-state index in [1.54, 1.807) is 30.5 Å². The standard InChI is InChI=1S/C22H20ClIN2O5/c1-2-7-30-18-6-3-13(8-19(18)31-20(27)10-23)11-25-12-17-16-9-14(24)4-5-15(16)21(28)26-22(17)29/h3-6,8-9,12,25H,2,7,10-11H2,1H3,(H,26,28,29)/b17-12-. The highest BCUT2D eigenvalue weighted by Gasteiger charge is 2.27. The fourth-order valence-electron chi connectivity index (χ4n) is 2.94. The molecule has 1 aliphatic rings. The first-order valence-electron chi connectivity index (χ1n) is 9.54. The van der Waals surface area contributed by atoms with Crippen LogP contribution in [0.5, 0.6) is 11.5 Å². The average Bonchev–Trinajstić information content (AvgIpc) is 2.75. The predicted octanol–water partition coefficient (Wildman–Crippen LogP) is 3.62. The van der Waals surface area contributed by atoms with E-state index in [9.17, 15) is 14.4 Å². The average molecular weight is 555 g/mol. The molecule has 0 atom stereocenters. The molecular formula is C22H20ClIN2O5. The molecule has 2 aromatic carbocycles. The van der Waals surface area contributed by atoms with Gasteiger partial charge in [0.05, 0.1) is 12.2 Å². The highest BCUT2D eigenvalue weighted by Crippen LogP contribution is 2.29. The van der Waals surface area contributed by atoms with Crippen molar-refractivity contribution < 1.29 is 23.9 Å². The fraction of sp³-hybridized carbons (Fsp3) is 0.227. The van der Waals surface area contributed by atoms with Gasteiger partial charge in [-0.1, -0.05) is 13.0 Å². The number of imide groups is 1. The Morgan fingerprint density at radius 1 is 1.13 bits per heavy atom. The number of esters is 1. The largest absolute Gasteiger partial charge is 0.490 e. The summed E-state index contributed by atoms with van der Waals surface area (Å²) in [5.74, 6) is -0.990. The Balaban J connectivity index is 1.80. The summed E-state index contributed by atoms with van der Waals surface area (Å²) in [6.45, 7) is 2.81. The third-order valence-electron chi connectivity index (χ3n) is 4.34. The van der Waals surface area contributed by atoms with Crippen LogP contribution in [0, 0.1) is 3.57 Å². The zero-order valence-electron chi connectivity index (χ0n) is 16.7. The molecule has 2 amide bonds. The van der Waals surface area contributed by atoms with E-state index in [4.69, 9.17) is 21.1 Å². The number of ether oxygens (including phenoxy) is 2. The number of hydrogen-bond donors (Lipinski definition) is 2. The van der Waals surface area contributed by atoms with Crippen LogP contribution in [0.15, 0.2) is 42.6 Å². The van der Waals surface area contributed by atoms with Gasteiger partial charge < -0.3 is 14.8 Å². The number of carbonyl (C=O) groups is 3. The predicted molar refractivity (Wildman–Crippen MR) is 125 cm³/mol. The summed E-state index contributed by atoms with van der Waals surface area (Å²) < 4.78 is 11.8. The zero-order chi connectivity index (χ0) is 22.4. The fourth-order valence-corrected chi connectivity index (χ4v) is 3.48. The number of hydrogen-bond acceptors (Lipinski definition) is 6. The van der Waals surface area contributed by atoms with Crippen LogP contribution >= 0.6 is 34.2 Å². The second kappa shape index (κ2) is 10.6. The van der Waals surface area contributed by atoms with Gasteiger partial charge in [0.25, 0.3) is 11.8 Å². The molecule has 3 rings (SSSR count). The Morgan fingerprint density at radius 3 is 2.68 bits per heavy atom. The number of alkyl halides is 1. The first-order chi connectivity index (χ1) is 14.9. The molecule has 9 heteroatoms. The highest BCUT2D eigenvalue weighted by molar-refractivity contribution is 14.1. The van der Waals surface area contributed by atoms with Crippen molar-refractivity contribution in [3.63, 3.8) is 0 Å². The van der Waals surface area contributed by atoms with Crippen LogP contribution in [0.1, 0.15) is 34.8 Å². The van der Waals surface area contributed by atoms with Gasteiger partial charge in [0, 0.05) is 27.4 Å². The van der Waals surface area contributed by atoms with Gasteiger partial charge in [0.15, 0.2) is 11.5 Å². The van der Waals surface area contributed by atoms with Crippen molar-refractivity contribution in [3.05, 3.63) is 62.9 Å². The van der Waals surface area contributed by atoms with Crippen molar-refractivity contribution in [2.45, 2.75) is 19.9 Å². The third-order valence-corrected chi connectivity index (χ3v) is 5.23. The van der Waals surface area contributed by atoms with E-state index in [-0.39, 0.29) is 11.6 Å². The van der Waals surface area contributed by atoms with Crippen LogP contribution in [0.2, 0.25) is 0 Å². The highest BCUT2D eigenvalue weighted by atomic mass is 127. The molecule has 0 unspecified atom stereocenters. The van der Waals surface area contributed by atoms with Crippen LogP contribution < -0.4 is 20.1 Å². The molecular weight excluding hydrogens is 535 g/mol. The van der Waals surface area contributed by atoms with E-state index in [1.165, 1.54) is 0 Å². The molecule has 1 aliphatic heterocycles. The summed E-state index contributed by atoms with van der Waals surface area (Å²) in [6, 6.07) is 10.5. The van der Waals surface area contributed by atoms with Gasteiger partial charge in [0.1, 0.15) is 5.88 Å². The topological polar surface area (TPSA) is 93.7 Å². The Labute approximate surface area is 198 Å². The molecule has 0 saturated carbocycles. The van der Waals surface area contributed by atoms with E-state index >= 15 is 0 Å². The molecule has 2 N–H and O–H groups in total. The monoisotopic (exact) mass is 554 g/mol. The Bertz CT molecular complexity index is 1050. The number of nitrogens with one attached hydrogen (secondary N) is 2. The van der Waals surface area contributed by atoms with Crippen LogP contribution in [0.3, 0.4) is 0 Å². The summed E-state index contributed by atoms with van der Waals surface area (Å²) in [4.78, 5) is 36.0. The lowest BCUT2D eigenvalue weighted by molar-refractivity contribution is -0.131. The lowest BCUT2D eigenvalue weighted by Crippen LogP contribution is -2.37.